The molecule has 1 rings (SSSR count). The lowest BCUT2D eigenvalue weighted by atomic mass is 9.85. The molecular weight excluding hydrogens is 222 g/mol. The van der Waals surface area contributed by atoms with E-state index in [0.717, 1.165) is 6.29 Å². The molecular formula is C12H19NO4. The number of hydrogen-bond acceptors (Lipinski definition) is 4. The Morgan fingerprint density at radius 1 is 1.53 bits per heavy atom. The highest BCUT2D eigenvalue weighted by atomic mass is 16.5. The molecule has 0 N–H and O–H groups in total. The number of amides is 1. The Bertz CT molecular complexity index is 332. The van der Waals surface area contributed by atoms with Crippen LogP contribution in [0.1, 0.15) is 33.6 Å². The van der Waals surface area contributed by atoms with Crippen molar-refractivity contribution < 1.29 is 19.1 Å². The number of methoxy groups -OCH3 is 1. The van der Waals surface area contributed by atoms with E-state index in [-0.39, 0.29) is 5.91 Å². The number of esters is 1. The van der Waals surface area contributed by atoms with Gasteiger partial charge in [0, 0.05) is 6.42 Å². The normalized spacial score (nSPS) is 22.5. The first-order valence-electron chi connectivity index (χ1n) is 5.67. The molecule has 2 atom stereocenters. The minimum absolute atomic E-state index is 0.160. The van der Waals surface area contributed by atoms with Crippen molar-refractivity contribution in [3.63, 3.8) is 0 Å². The Balaban J connectivity index is 3.08. The quantitative estimate of drug-likeness (QED) is 0.540. The lowest BCUT2D eigenvalue weighted by Gasteiger charge is -2.37. The van der Waals surface area contributed by atoms with Crippen LogP contribution in [0.15, 0.2) is 0 Å². The first kappa shape index (κ1) is 13.7. The third kappa shape index (κ3) is 2.65. The largest absolute Gasteiger partial charge is 0.467 e. The second kappa shape index (κ2) is 4.85. The molecule has 96 valence electrons. The van der Waals surface area contributed by atoms with Gasteiger partial charge in [-0.3, -0.25) is 4.79 Å². The highest BCUT2D eigenvalue weighted by Gasteiger charge is 2.45. The van der Waals surface area contributed by atoms with Crippen molar-refractivity contribution in [1.82, 2.24) is 4.90 Å². The lowest BCUT2D eigenvalue weighted by molar-refractivity contribution is -0.158. The van der Waals surface area contributed by atoms with E-state index in [4.69, 9.17) is 4.74 Å². The molecule has 0 aromatic carbocycles. The molecule has 5 nitrogen and oxygen atoms in total. The summed E-state index contributed by atoms with van der Waals surface area (Å²) in [5.41, 5.74) is -0.464. The van der Waals surface area contributed by atoms with E-state index in [9.17, 15) is 14.4 Å². The highest BCUT2D eigenvalue weighted by Crippen LogP contribution is 2.31. The van der Waals surface area contributed by atoms with E-state index in [1.54, 1.807) is 0 Å². The Morgan fingerprint density at radius 2 is 2.12 bits per heavy atom. The minimum atomic E-state index is -0.710. The number of likely N-dealkylation sites (tertiary alicyclic amines) is 1. The van der Waals surface area contributed by atoms with Gasteiger partial charge in [-0.1, -0.05) is 20.8 Å². The van der Waals surface area contributed by atoms with Gasteiger partial charge < -0.3 is 14.4 Å². The Morgan fingerprint density at radius 3 is 2.53 bits per heavy atom. The van der Waals surface area contributed by atoms with Gasteiger partial charge in [-0.05, 0) is 11.8 Å². The zero-order valence-corrected chi connectivity index (χ0v) is 10.7. The Labute approximate surface area is 101 Å². The van der Waals surface area contributed by atoms with Gasteiger partial charge in [0.1, 0.15) is 12.3 Å². The number of nitrogens with zero attached hydrogens (tertiary/aromatic N) is 1. The molecule has 1 saturated heterocycles. The summed E-state index contributed by atoms with van der Waals surface area (Å²) >= 11 is 0. The van der Waals surface area contributed by atoms with E-state index in [2.05, 4.69) is 0 Å². The number of hydrogen-bond donors (Lipinski definition) is 0. The van der Waals surface area contributed by atoms with E-state index >= 15 is 0 Å². The maximum Gasteiger partial charge on any atom is 0.329 e. The second-order valence-electron chi connectivity index (χ2n) is 5.33. The van der Waals surface area contributed by atoms with Crippen molar-refractivity contribution in [3.05, 3.63) is 0 Å². The fourth-order valence-electron chi connectivity index (χ4n) is 2.19. The predicted molar refractivity (Wildman–Crippen MR) is 61.2 cm³/mol. The summed E-state index contributed by atoms with van der Waals surface area (Å²) in [6.45, 7) is 5.55. The molecule has 1 aliphatic rings. The summed E-state index contributed by atoms with van der Waals surface area (Å²) in [6.07, 6.45) is 1.52. The predicted octanol–water partition coefficient (Wildman–Crippen LogP) is 0.764. The summed E-state index contributed by atoms with van der Waals surface area (Å²) in [5.74, 6) is -0.632. The third-order valence-corrected chi connectivity index (χ3v) is 2.98. The van der Waals surface area contributed by atoms with Gasteiger partial charge in [0.15, 0.2) is 0 Å². The molecule has 5 heteroatoms. The van der Waals surface area contributed by atoms with Gasteiger partial charge in [-0.25, -0.2) is 4.79 Å². The number of rotatable bonds is 3. The van der Waals surface area contributed by atoms with Crippen LogP contribution in [-0.2, 0) is 19.1 Å². The summed E-state index contributed by atoms with van der Waals surface area (Å²) < 4.78 is 4.74. The molecule has 1 unspecified atom stereocenters. The van der Waals surface area contributed by atoms with Crippen LogP contribution in [0.5, 0.6) is 0 Å². The molecule has 0 spiro atoms. The maximum atomic E-state index is 11.8. The molecule has 0 saturated carbocycles. The maximum absolute atomic E-state index is 11.8. The van der Waals surface area contributed by atoms with Gasteiger partial charge in [0.05, 0.1) is 13.2 Å². The third-order valence-electron chi connectivity index (χ3n) is 2.98. The molecule has 1 heterocycles. The molecule has 0 aromatic rings. The Hall–Kier alpha value is -1.39. The average Bonchev–Trinajstić information content (AvgIpc) is 2.58. The van der Waals surface area contributed by atoms with E-state index < -0.39 is 23.5 Å². The standard InChI is InChI=1S/C12H19NO4/c1-12(2,3)10(11(16)17-4)13-8(7-14)5-6-9(13)15/h7-8,10H,5-6H2,1-4H3/t8-,10?/m1/s1. The zero-order chi connectivity index (χ0) is 13.2. The topological polar surface area (TPSA) is 63.7 Å². The zero-order valence-electron chi connectivity index (χ0n) is 10.7. The summed E-state index contributed by atoms with van der Waals surface area (Å²) in [5, 5.41) is 0. The molecule has 1 aliphatic heterocycles. The molecule has 0 radical (unpaired) electrons. The molecule has 0 bridgehead atoms. The fourth-order valence-corrected chi connectivity index (χ4v) is 2.19. The van der Waals surface area contributed by atoms with Crippen LogP contribution in [0, 0.1) is 5.41 Å². The van der Waals surface area contributed by atoms with Crippen molar-refractivity contribution in [3.8, 4) is 0 Å². The first-order valence-corrected chi connectivity index (χ1v) is 5.67. The van der Waals surface area contributed by atoms with Crippen LogP contribution in [0.25, 0.3) is 0 Å². The van der Waals surface area contributed by atoms with E-state index in [1.807, 2.05) is 20.8 Å². The van der Waals surface area contributed by atoms with E-state index in [0.29, 0.717) is 12.8 Å². The van der Waals surface area contributed by atoms with Crippen LogP contribution < -0.4 is 0 Å². The molecule has 1 amide bonds. The Kier molecular flexibility index (Phi) is 3.91. The number of aldehydes is 1. The molecule has 1 fully saturated rings. The molecule has 0 aliphatic carbocycles. The van der Waals surface area contributed by atoms with Crippen molar-refractivity contribution in [2.75, 3.05) is 7.11 Å². The van der Waals surface area contributed by atoms with Gasteiger partial charge in [-0.2, -0.15) is 0 Å². The van der Waals surface area contributed by atoms with Crippen molar-refractivity contribution >= 4 is 18.2 Å². The fraction of sp³-hybridized carbons (Fsp3) is 0.750. The summed E-state index contributed by atoms with van der Waals surface area (Å²) in [6, 6.07) is -1.22. The van der Waals surface area contributed by atoms with Gasteiger partial charge in [-0.15, -0.1) is 0 Å². The van der Waals surface area contributed by atoms with Gasteiger partial charge in [0.2, 0.25) is 5.91 Å². The molecule has 0 aromatic heterocycles. The smallest absolute Gasteiger partial charge is 0.329 e. The summed E-state index contributed by atoms with van der Waals surface area (Å²) in [4.78, 5) is 36.0. The van der Waals surface area contributed by atoms with Gasteiger partial charge >= 0.3 is 5.97 Å². The van der Waals surface area contributed by atoms with Crippen molar-refractivity contribution in [1.29, 1.82) is 0 Å². The SMILES string of the molecule is COC(=O)C(N1C(=O)CC[C@@H]1C=O)C(C)(C)C. The van der Waals surface area contributed by atoms with Crippen molar-refractivity contribution in [2.24, 2.45) is 5.41 Å². The first-order chi connectivity index (χ1) is 7.82. The van der Waals surface area contributed by atoms with Crippen LogP contribution >= 0.6 is 0 Å². The monoisotopic (exact) mass is 241 g/mol. The second-order valence-corrected chi connectivity index (χ2v) is 5.33. The number of ether oxygens (including phenoxy) is 1. The van der Waals surface area contributed by atoms with E-state index in [1.165, 1.54) is 12.0 Å². The van der Waals surface area contributed by atoms with Crippen molar-refractivity contribution in [2.45, 2.75) is 45.7 Å². The summed E-state index contributed by atoms with van der Waals surface area (Å²) in [7, 11) is 1.29. The lowest BCUT2D eigenvalue weighted by Crippen LogP contribution is -2.53. The number of carbonyl (C=O) groups is 3. The van der Waals surface area contributed by atoms with Crippen LogP contribution in [-0.4, -0.2) is 42.3 Å². The van der Waals surface area contributed by atoms with Crippen LogP contribution in [0.4, 0.5) is 0 Å². The average molecular weight is 241 g/mol. The minimum Gasteiger partial charge on any atom is -0.467 e. The van der Waals surface area contributed by atoms with Crippen LogP contribution in [0.2, 0.25) is 0 Å². The van der Waals surface area contributed by atoms with Crippen LogP contribution in [0.3, 0.4) is 0 Å². The highest BCUT2D eigenvalue weighted by molar-refractivity contribution is 5.89. The number of carbonyl (C=O) groups excluding carboxylic acids is 3. The van der Waals surface area contributed by atoms with Gasteiger partial charge in [0.25, 0.3) is 0 Å². The molecule has 17 heavy (non-hydrogen) atoms.